The van der Waals surface area contributed by atoms with Crippen LogP contribution in [0.15, 0.2) is 40.6 Å². The van der Waals surface area contributed by atoms with Crippen LogP contribution in [0.4, 0.5) is 0 Å². The standard InChI is InChI=1S/C20H23N3O5.C2H6/c1-12-11-16(14(3)22-26-5)13(2)21-19(12)28-17-10-8-7-9-15(17)18(23-27-6)20(24)25-4;1-2/h7-11H,1-6H3;1-2H3/b22-14-,23-18+;. The molecule has 2 aromatic rings. The van der Waals surface area contributed by atoms with Gasteiger partial charge in [-0.1, -0.05) is 36.3 Å². The minimum absolute atomic E-state index is 0.00494. The summed E-state index contributed by atoms with van der Waals surface area (Å²) in [5, 5.41) is 7.73. The van der Waals surface area contributed by atoms with Gasteiger partial charge in [-0.15, -0.1) is 0 Å². The summed E-state index contributed by atoms with van der Waals surface area (Å²) in [4.78, 5) is 26.2. The molecule has 162 valence electrons. The lowest BCUT2D eigenvalue weighted by Crippen LogP contribution is -2.18. The first kappa shape index (κ1) is 24.6. The summed E-state index contributed by atoms with van der Waals surface area (Å²) in [5.74, 6) is 0.162. The molecule has 8 heteroatoms. The van der Waals surface area contributed by atoms with Gasteiger partial charge in [0.25, 0.3) is 0 Å². The summed E-state index contributed by atoms with van der Waals surface area (Å²) in [6.45, 7) is 9.57. The minimum atomic E-state index is -0.638. The Morgan fingerprint density at radius 3 is 2.20 bits per heavy atom. The number of para-hydroxylation sites is 1. The van der Waals surface area contributed by atoms with Crippen LogP contribution in [0.1, 0.15) is 43.2 Å². The molecule has 0 saturated carbocycles. The van der Waals surface area contributed by atoms with Gasteiger partial charge in [-0.25, -0.2) is 9.78 Å². The molecule has 30 heavy (non-hydrogen) atoms. The van der Waals surface area contributed by atoms with Gasteiger partial charge < -0.3 is 19.1 Å². The zero-order valence-corrected chi connectivity index (χ0v) is 18.8. The molecule has 1 heterocycles. The molecule has 0 spiro atoms. The van der Waals surface area contributed by atoms with E-state index < -0.39 is 5.97 Å². The molecule has 0 atom stereocenters. The molecule has 0 aliphatic heterocycles. The summed E-state index contributed by atoms with van der Waals surface area (Å²) < 4.78 is 10.8. The van der Waals surface area contributed by atoms with Crippen molar-refractivity contribution in [3.63, 3.8) is 0 Å². The maximum atomic E-state index is 12.1. The number of aryl methyl sites for hydroxylation is 2. The van der Waals surface area contributed by atoms with E-state index in [4.69, 9.17) is 19.1 Å². The monoisotopic (exact) mass is 415 g/mol. The van der Waals surface area contributed by atoms with Crippen molar-refractivity contribution in [1.82, 2.24) is 4.98 Å². The molecule has 0 fully saturated rings. The maximum Gasteiger partial charge on any atom is 0.360 e. The lowest BCUT2D eigenvalue weighted by molar-refractivity contribution is -0.132. The van der Waals surface area contributed by atoms with Gasteiger partial charge in [0, 0.05) is 11.1 Å². The van der Waals surface area contributed by atoms with Crippen LogP contribution in [0, 0.1) is 13.8 Å². The molecule has 1 aromatic heterocycles. The fraction of sp³-hybridized carbons (Fsp3) is 0.364. The van der Waals surface area contributed by atoms with E-state index in [2.05, 4.69) is 15.3 Å². The summed E-state index contributed by atoms with van der Waals surface area (Å²) >= 11 is 0. The number of oxime groups is 2. The van der Waals surface area contributed by atoms with Gasteiger partial charge in [0.1, 0.15) is 20.0 Å². The van der Waals surface area contributed by atoms with Crippen LogP contribution in [-0.4, -0.2) is 43.7 Å². The van der Waals surface area contributed by atoms with Gasteiger partial charge >= 0.3 is 5.97 Å². The van der Waals surface area contributed by atoms with Crippen molar-refractivity contribution in [1.29, 1.82) is 0 Å². The van der Waals surface area contributed by atoms with Crippen molar-refractivity contribution in [2.24, 2.45) is 10.3 Å². The smallest absolute Gasteiger partial charge is 0.360 e. The van der Waals surface area contributed by atoms with Crippen molar-refractivity contribution >= 4 is 17.4 Å². The summed E-state index contributed by atoms with van der Waals surface area (Å²) in [5.41, 5.74) is 3.52. The van der Waals surface area contributed by atoms with E-state index in [1.165, 1.54) is 21.3 Å². The van der Waals surface area contributed by atoms with Crippen LogP contribution in [0.2, 0.25) is 0 Å². The first-order valence-corrected chi connectivity index (χ1v) is 9.46. The van der Waals surface area contributed by atoms with Crippen LogP contribution in [0.25, 0.3) is 0 Å². The number of methoxy groups -OCH3 is 1. The van der Waals surface area contributed by atoms with Crippen molar-refractivity contribution < 1.29 is 23.9 Å². The third kappa shape index (κ3) is 6.04. The molecule has 0 unspecified atom stereocenters. The third-order valence-electron chi connectivity index (χ3n) is 3.89. The van der Waals surface area contributed by atoms with Gasteiger partial charge in [0.15, 0.2) is 5.71 Å². The number of ether oxygens (including phenoxy) is 2. The predicted octanol–water partition coefficient (Wildman–Crippen LogP) is 4.41. The Labute approximate surface area is 177 Å². The zero-order chi connectivity index (χ0) is 22.7. The number of esters is 1. The number of nitrogens with zero attached hydrogens (tertiary/aromatic N) is 3. The Morgan fingerprint density at radius 1 is 0.967 bits per heavy atom. The SMILES string of the molecule is CC.CO/N=C(/C)c1cc(C)c(Oc2ccccc2/C(=N\OC)C(=O)OC)nc1C. The number of carbonyl (C=O) groups is 1. The molecule has 0 N–H and O–H groups in total. The highest BCUT2D eigenvalue weighted by Gasteiger charge is 2.21. The van der Waals surface area contributed by atoms with E-state index in [1.54, 1.807) is 24.3 Å². The van der Waals surface area contributed by atoms with E-state index in [9.17, 15) is 4.79 Å². The van der Waals surface area contributed by atoms with Crippen molar-refractivity contribution in [3.8, 4) is 11.6 Å². The fourth-order valence-corrected chi connectivity index (χ4v) is 2.58. The summed E-state index contributed by atoms with van der Waals surface area (Å²) in [6.07, 6.45) is 0. The minimum Gasteiger partial charge on any atom is -0.464 e. The molecule has 8 nitrogen and oxygen atoms in total. The maximum absolute atomic E-state index is 12.1. The van der Waals surface area contributed by atoms with Crippen LogP contribution in [-0.2, 0) is 19.2 Å². The van der Waals surface area contributed by atoms with Gasteiger partial charge in [-0.05, 0) is 39.0 Å². The lowest BCUT2D eigenvalue weighted by atomic mass is 10.1. The average Bonchev–Trinajstić information content (AvgIpc) is 2.76. The quantitative estimate of drug-likeness (QED) is 0.378. The van der Waals surface area contributed by atoms with E-state index in [1.807, 2.05) is 40.7 Å². The molecular formula is C22H29N3O5. The Balaban J connectivity index is 0.00000218. The second-order valence-electron chi connectivity index (χ2n) is 5.81. The fourth-order valence-electron chi connectivity index (χ4n) is 2.58. The molecular weight excluding hydrogens is 386 g/mol. The van der Waals surface area contributed by atoms with Crippen LogP contribution in [0.3, 0.4) is 0 Å². The third-order valence-corrected chi connectivity index (χ3v) is 3.89. The first-order chi connectivity index (χ1) is 14.4. The van der Waals surface area contributed by atoms with Gasteiger partial charge in [-0.3, -0.25) is 0 Å². The number of benzene rings is 1. The first-order valence-electron chi connectivity index (χ1n) is 9.46. The molecule has 0 aliphatic carbocycles. The second-order valence-corrected chi connectivity index (χ2v) is 5.81. The summed E-state index contributed by atoms with van der Waals surface area (Å²) in [6, 6.07) is 8.87. The van der Waals surface area contributed by atoms with Gasteiger partial charge in [0.2, 0.25) is 5.88 Å². The van der Waals surface area contributed by atoms with Gasteiger partial charge in [0.05, 0.1) is 24.1 Å². The van der Waals surface area contributed by atoms with Crippen LogP contribution >= 0.6 is 0 Å². The number of pyridine rings is 1. The number of rotatable bonds is 7. The number of aromatic nitrogens is 1. The molecule has 0 bridgehead atoms. The molecule has 1 aromatic carbocycles. The van der Waals surface area contributed by atoms with Crippen molar-refractivity contribution in [3.05, 3.63) is 52.7 Å². The van der Waals surface area contributed by atoms with E-state index in [0.29, 0.717) is 22.9 Å². The highest BCUT2D eigenvalue weighted by molar-refractivity contribution is 6.43. The Hall–Kier alpha value is -3.42. The topological polar surface area (TPSA) is 91.6 Å². The molecule has 0 radical (unpaired) electrons. The van der Waals surface area contributed by atoms with Crippen molar-refractivity contribution in [2.45, 2.75) is 34.6 Å². The Kier molecular flexibility index (Phi) is 10.0. The normalized spacial score (nSPS) is 11.2. The van der Waals surface area contributed by atoms with Crippen molar-refractivity contribution in [2.75, 3.05) is 21.3 Å². The van der Waals surface area contributed by atoms with E-state index in [0.717, 1.165) is 16.8 Å². The highest BCUT2D eigenvalue weighted by atomic mass is 16.6. The average molecular weight is 415 g/mol. The predicted molar refractivity (Wildman–Crippen MR) is 116 cm³/mol. The molecule has 0 saturated heterocycles. The zero-order valence-electron chi connectivity index (χ0n) is 18.8. The molecule has 0 amide bonds. The molecule has 0 aliphatic rings. The van der Waals surface area contributed by atoms with E-state index in [-0.39, 0.29) is 5.71 Å². The van der Waals surface area contributed by atoms with E-state index >= 15 is 0 Å². The number of hydrogen-bond acceptors (Lipinski definition) is 8. The highest BCUT2D eigenvalue weighted by Crippen LogP contribution is 2.28. The largest absolute Gasteiger partial charge is 0.464 e. The Morgan fingerprint density at radius 2 is 1.60 bits per heavy atom. The Bertz CT molecular complexity index is 923. The van der Waals surface area contributed by atoms with Crippen LogP contribution in [0.5, 0.6) is 11.6 Å². The number of hydrogen-bond donors (Lipinski definition) is 0. The number of carbonyl (C=O) groups excluding carboxylic acids is 1. The van der Waals surface area contributed by atoms with Gasteiger partial charge in [-0.2, -0.15) is 0 Å². The molecule has 2 rings (SSSR count). The summed E-state index contributed by atoms with van der Waals surface area (Å²) in [7, 11) is 4.12. The second kappa shape index (κ2) is 12.2. The van der Waals surface area contributed by atoms with Crippen LogP contribution < -0.4 is 4.74 Å². The lowest BCUT2D eigenvalue weighted by Gasteiger charge is -2.14.